The molecule has 7 nitrogen and oxygen atoms in total. The van der Waals surface area contributed by atoms with E-state index < -0.39 is 11.9 Å². The van der Waals surface area contributed by atoms with Crippen LogP contribution >= 0.6 is 0 Å². The molecule has 2 aromatic carbocycles. The number of rotatable bonds is 5. The Bertz CT molecular complexity index is 814. The fraction of sp³-hybridized carbons (Fsp3) is 0.348. The third-order valence-electron chi connectivity index (χ3n) is 4.93. The molecule has 30 heavy (non-hydrogen) atoms. The van der Waals surface area contributed by atoms with Gasteiger partial charge in [-0.2, -0.15) is 0 Å². The molecule has 0 spiro atoms. The molecule has 2 aromatic rings. The molecule has 7 heteroatoms. The van der Waals surface area contributed by atoms with Crippen molar-refractivity contribution in [2.24, 2.45) is 5.92 Å². The second kappa shape index (κ2) is 11.7. The van der Waals surface area contributed by atoms with Crippen molar-refractivity contribution < 1.29 is 24.6 Å². The number of likely N-dealkylation sites (tertiary alicyclic amines) is 1. The average Bonchev–Trinajstić information content (AvgIpc) is 2.75. The van der Waals surface area contributed by atoms with E-state index in [1.807, 2.05) is 36.2 Å². The first kappa shape index (κ1) is 23.1. The second-order valence-corrected chi connectivity index (χ2v) is 7.35. The molecule has 1 saturated heterocycles. The zero-order valence-corrected chi connectivity index (χ0v) is 17.1. The highest BCUT2D eigenvalue weighted by Crippen LogP contribution is 2.21. The highest BCUT2D eigenvalue weighted by molar-refractivity contribution is 6.27. The molecule has 0 bridgehead atoms. The lowest BCUT2D eigenvalue weighted by molar-refractivity contribution is -0.159. The van der Waals surface area contributed by atoms with E-state index in [2.05, 4.69) is 41.3 Å². The van der Waals surface area contributed by atoms with Gasteiger partial charge in [0.05, 0.1) is 5.92 Å². The fourth-order valence-electron chi connectivity index (χ4n) is 3.49. The van der Waals surface area contributed by atoms with Gasteiger partial charge < -0.3 is 15.1 Å². The van der Waals surface area contributed by atoms with Crippen LogP contribution in [0.25, 0.3) is 0 Å². The summed E-state index contributed by atoms with van der Waals surface area (Å²) < 4.78 is 0. The van der Waals surface area contributed by atoms with Gasteiger partial charge in [-0.1, -0.05) is 60.7 Å². The van der Waals surface area contributed by atoms with Gasteiger partial charge in [-0.3, -0.25) is 9.69 Å². The summed E-state index contributed by atoms with van der Waals surface area (Å²) in [6.07, 6.45) is 2.10. The molecule has 1 heterocycles. The van der Waals surface area contributed by atoms with Crippen molar-refractivity contribution in [1.82, 2.24) is 9.80 Å². The van der Waals surface area contributed by atoms with Crippen molar-refractivity contribution in [3.8, 4) is 0 Å². The number of hydrogen-bond acceptors (Lipinski definition) is 4. The van der Waals surface area contributed by atoms with E-state index in [4.69, 9.17) is 19.8 Å². The van der Waals surface area contributed by atoms with Crippen LogP contribution in [0.15, 0.2) is 60.7 Å². The van der Waals surface area contributed by atoms with Crippen LogP contribution in [0.3, 0.4) is 0 Å². The molecule has 2 N–H and O–H groups in total. The quantitative estimate of drug-likeness (QED) is 0.733. The predicted molar refractivity (Wildman–Crippen MR) is 113 cm³/mol. The summed E-state index contributed by atoms with van der Waals surface area (Å²) in [5, 5.41) is 14.8. The topological polar surface area (TPSA) is 98.2 Å². The molecule has 0 aromatic heterocycles. The second-order valence-electron chi connectivity index (χ2n) is 7.35. The van der Waals surface area contributed by atoms with Crippen LogP contribution in [0.4, 0.5) is 0 Å². The summed E-state index contributed by atoms with van der Waals surface area (Å²) in [6, 6.07) is 20.7. The van der Waals surface area contributed by atoms with Gasteiger partial charge in [0, 0.05) is 26.7 Å². The molecule has 0 saturated carbocycles. The Morgan fingerprint density at radius 1 is 0.933 bits per heavy atom. The largest absolute Gasteiger partial charge is 0.473 e. The number of amides is 1. The molecule has 0 aliphatic carbocycles. The Kier molecular flexibility index (Phi) is 9.03. The van der Waals surface area contributed by atoms with Crippen molar-refractivity contribution in [1.29, 1.82) is 0 Å². The van der Waals surface area contributed by atoms with Crippen LogP contribution < -0.4 is 0 Å². The Morgan fingerprint density at radius 2 is 1.47 bits per heavy atom. The maximum Gasteiger partial charge on any atom is 0.414 e. The number of carbonyl (C=O) groups excluding carboxylic acids is 1. The molecule has 3 rings (SSSR count). The smallest absolute Gasteiger partial charge is 0.414 e. The van der Waals surface area contributed by atoms with Gasteiger partial charge in [0.1, 0.15) is 0 Å². The van der Waals surface area contributed by atoms with E-state index in [0.717, 1.165) is 32.5 Å². The molecule has 0 radical (unpaired) electrons. The first-order valence-corrected chi connectivity index (χ1v) is 9.88. The van der Waals surface area contributed by atoms with Crippen LogP contribution in [0.2, 0.25) is 0 Å². The first-order chi connectivity index (χ1) is 14.4. The van der Waals surface area contributed by atoms with Gasteiger partial charge in [-0.15, -0.1) is 0 Å². The van der Waals surface area contributed by atoms with Crippen LogP contribution in [0, 0.1) is 5.92 Å². The average molecular weight is 412 g/mol. The molecule has 1 amide bonds. The van der Waals surface area contributed by atoms with Crippen LogP contribution in [-0.2, 0) is 27.5 Å². The number of hydrogen-bond donors (Lipinski definition) is 2. The lowest BCUT2D eigenvalue weighted by atomic mass is 9.96. The number of piperidine rings is 1. The molecule has 1 unspecified atom stereocenters. The maximum atomic E-state index is 12.8. The van der Waals surface area contributed by atoms with E-state index in [-0.39, 0.29) is 11.8 Å². The number of nitrogens with zero attached hydrogens (tertiary/aromatic N) is 2. The van der Waals surface area contributed by atoms with Gasteiger partial charge in [0.2, 0.25) is 5.91 Å². The Hall–Kier alpha value is -3.19. The Morgan fingerprint density at radius 3 is 2.00 bits per heavy atom. The molecular formula is C23H28N2O5. The number of carboxylic acids is 2. The van der Waals surface area contributed by atoms with E-state index in [1.54, 1.807) is 0 Å². The third-order valence-corrected chi connectivity index (χ3v) is 4.93. The van der Waals surface area contributed by atoms with E-state index in [1.165, 1.54) is 11.1 Å². The monoisotopic (exact) mass is 412 g/mol. The zero-order valence-electron chi connectivity index (χ0n) is 17.1. The summed E-state index contributed by atoms with van der Waals surface area (Å²) in [5.74, 6) is -3.25. The number of carboxylic acid groups (broad SMARTS) is 2. The van der Waals surface area contributed by atoms with E-state index in [9.17, 15) is 4.79 Å². The minimum Gasteiger partial charge on any atom is -0.473 e. The molecule has 1 aliphatic rings. The van der Waals surface area contributed by atoms with E-state index >= 15 is 0 Å². The fourth-order valence-corrected chi connectivity index (χ4v) is 3.49. The van der Waals surface area contributed by atoms with Crippen LogP contribution in [0.5, 0.6) is 0 Å². The highest BCUT2D eigenvalue weighted by Gasteiger charge is 2.27. The first-order valence-electron chi connectivity index (χ1n) is 9.88. The zero-order chi connectivity index (χ0) is 21.9. The highest BCUT2D eigenvalue weighted by atomic mass is 16.4. The number of benzene rings is 2. The summed E-state index contributed by atoms with van der Waals surface area (Å²) in [7, 11) is 1.92. The number of carbonyl (C=O) groups is 3. The van der Waals surface area contributed by atoms with Crippen molar-refractivity contribution in [3.63, 3.8) is 0 Å². The Labute approximate surface area is 176 Å². The van der Waals surface area contributed by atoms with Crippen LogP contribution in [-0.4, -0.2) is 58.0 Å². The van der Waals surface area contributed by atoms with Gasteiger partial charge in [0.15, 0.2) is 0 Å². The normalized spacial score (nSPS) is 16.1. The van der Waals surface area contributed by atoms with Gasteiger partial charge in [-0.25, -0.2) is 9.59 Å². The summed E-state index contributed by atoms with van der Waals surface area (Å²) >= 11 is 0. The van der Waals surface area contributed by atoms with Crippen molar-refractivity contribution in [2.45, 2.75) is 25.9 Å². The molecule has 1 atom stereocenters. The Balaban J connectivity index is 0.000000469. The summed E-state index contributed by atoms with van der Waals surface area (Å²) in [6.45, 7) is 3.58. The lowest BCUT2D eigenvalue weighted by Crippen LogP contribution is -2.43. The molecule has 1 fully saturated rings. The van der Waals surface area contributed by atoms with Crippen molar-refractivity contribution in [2.75, 3.05) is 20.1 Å². The minimum absolute atomic E-state index is 0.121. The van der Waals surface area contributed by atoms with Gasteiger partial charge >= 0.3 is 11.9 Å². The maximum absolute atomic E-state index is 12.8. The summed E-state index contributed by atoms with van der Waals surface area (Å²) in [5.41, 5.74) is 2.51. The third kappa shape index (κ3) is 7.67. The van der Waals surface area contributed by atoms with E-state index in [0.29, 0.717) is 6.54 Å². The van der Waals surface area contributed by atoms with Gasteiger partial charge in [-0.05, 0) is 30.5 Å². The van der Waals surface area contributed by atoms with Crippen molar-refractivity contribution >= 4 is 17.8 Å². The molecule has 1 aliphatic heterocycles. The summed E-state index contributed by atoms with van der Waals surface area (Å²) in [4.78, 5) is 35.3. The van der Waals surface area contributed by atoms with Crippen molar-refractivity contribution in [3.05, 3.63) is 71.8 Å². The minimum atomic E-state index is -1.82. The predicted octanol–water partition coefficient (Wildman–Crippen LogP) is 2.71. The molecular weight excluding hydrogens is 384 g/mol. The number of aliphatic carboxylic acids is 2. The van der Waals surface area contributed by atoms with Crippen LogP contribution in [0.1, 0.15) is 24.0 Å². The SMILES string of the molecule is CN(Cc1ccccc1)C(=O)C1CCCN(Cc2ccccc2)C1.O=C(O)C(=O)O. The molecule has 160 valence electrons. The standard InChI is InChI=1S/C21H26N2O.C2H2O4/c1-22(15-18-9-4-2-5-10-18)21(24)20-13-8-14-23(17-20)16-19-11-6-3-7-12-19;3-1(4)2(5)6/h2-7,9-12,20H,8,13-17H2,1H3;(H,3,4)(H,5,6). The van der Waals surface area contributed by atoms with Gasteiger partial charge in [0.25, 0.3) is 0 Å². The lowest BCUT2D eigenvalue weighted by Gasteiger charge is -2.34.